The molecule has 1 unspecified atom stereocenters. The zero-order valence-corrected chi connectivity index (χ0v) is 12.5. The highest BCUT2D eigenvalue weighted by Gasteiger charge is 2.11. The zero-order valence-electron chi connectivity index (χ0n) is 11.7. The van der Waals surface area contributed by atoms with Crippen molar-refractivity contribution in [2.24, 2.45) is 0 Å². The van der Waals surface area contributed by atoms with Crippen LogP contribution < -0.4 is 5.32 Å². The molecule has 0 aliphatic rings. The van der Waals surface area contributed by atoms with Gasteiger partial charge in [0.25, 0.3) is 5.91 Å². The van der Waals surface area contributed by atoms with Crippen molar-refractivity contribution in [1.29, 1.82) is 0 Å². The first kappa shape index (κ1) is 15.5. The van der Waals surface area contributed by atoms with Gasteiger partial charge in [0.2, 0.25) is 0 Å². The molecule has 0 spiro atoms. The summed E-state index contributed by atoms with van der Waals surface area (Å²) in [5.74, 6) is -0.211. The van der Waals surface area contributed by atoms with Crippen molar-refractivity contribution in [3.05, 3.63) is 64.4 Å². The molecule has 0 bridgehead atoms. The summed E-state index contributed by atoms with van der Waals surface area (Å²) in [6.45, 7) is 2.12. The minimum atomic E-state index is -0.587. The Morgan fingerprint density at radius 2 is 2.00 bits per heavy atom. The van der Waals surface area contributed by atoms with Gasteiger partial charge in [-0.05, 0) is 31.0 Å². The van der Waals surface area contributed by atoms with Crippen molar-refractivity contribution in [1.82, 2.24) is 10.3 Å². The molecular formula is C16H17ClN2O2. The predicted molar refractivity (Wildman–Crippen MR) is 82.3 cm³/mol. The number of hydrogen-bond acceptors (Lipinski definition) is 3. The second-order valence-electron chi connectivity index (χ2n) is 4.74. The first-order chi connectivity index (χ1) is 10.1. The second-order valence-corrected chi connectivity index (χ2v) is 5.13. The highest BCUT2D eigenvalue weighted by Crippen LogP contribution is 2.15. The maximum Gasteiger partial charge on any atom is 0.253 e. The van der Waals surface area contributed by atoms with E-state index in [1.165, 1.54) is 0 Å². The first-order valence-electron chi connectivity index (χ1n) is 6.72. The minimum absolute atomic E-state index is 0.211. The van der Waals surface area contributed by atoms with Gasteiger partial charge >= 0.3 is 0 Å². The summed E-state index contributed by atoms with van der Waals surface area (Å²) in [7, 11) is 0. The Balaban J connectivity index is 1.87. The number of amides is 1. The SMILES string of the molecule is Cc1nc(Cl)ccc1C(=O)NCCC(O)c1ccccc1. The normalized spacial score (nSPS) is 12.0. The summed E-state index contributed by atoms with van der Waals surface area (Å²) in [5.41, 5.74) is 1.92. The number of carbonyl (C=O) groups is 1. The number of benzene rings is 1. The number of aliphatic hydroxyl groups is 1. The Kier molecular flexibility index (Phi) is 5.31. The maximum absolute atomic E-state index is 12.0. The van der Waals surface area contributed by atoms with Crippen LogP contribution in [0.4, 0.5) is 0 Å². The van der Waals surface area contributed by atoms with E-state index in [0.717, 1.165) is 5.56 Å². The number of halogens is 1. The number of nitrogens with one attached hydrogen (secondary N) is 1. The predicted octanol–water partition coefficient (Wildman–Crippen LogP) is 2.90. The Morgan fingerprint density at radius 3 is 2.67 bits per heavy atom. The summed E-state index contributed by atoms with van der Waals surface area (Å²) in [4.78, 5) is 16.1. The van der Waals surface area contributed by atoms with Crippen molar-refractivity contribution in [3.8, 4) is 0 Å². The molecule has 2 rings (SSSR count). The molecule has 0 radical (unpaired) electrons. The molecule has 0 aliphatic carbocycles. The van der Waals surface area contributed by atoms with Crippen molar-refractivity contribution >= 4 is 17.5 Å². The lowest BCUT2D eigenvalue weighted by molar-refractivity contribution is 0.0941. The molecule has 0 saturated carbocycles. The molecule has 1 atom stereocenters. The Labute approximate surface area is 128 Å². The lowest BCUT2D eigenvalue weighted by atomic mass is 10.1. The van der Waals surface area contributed by atoms with E-state index in [1.54, 1.807) is 19.1 Å². The minimum Gasteiger partial charge on any atom is -0.388 e. The number of carbonyl (C=O) groups excluding carboxylic acids is 1. The summed E-state index contributed by atoms with van der Waals surface area (Å²) in [6, 6.07) is 12.6. The summed E-state index contributed by atoms with van der Waals surface area (Å²) >= 11 is 5.76. The number of aryl methyl sites for hydroxylation is 1. The van der Waals surface area contributed by atoms with Gasteiger partial charge in [-0.25, -0.2) is 4.98 Å². The van der Waals surface area contributed by atoms with Gasteiger partial charge in [0.15, 0.2) is 0 Å². The number of aromatic nitrogens is 1. The van der Waals surface area contributed by atoms with E-state index in [1.807, 2.05) is 30.3 Å². The van der Waals surface area contributed by atoms with Crippen molar-refractivity contribution < 1.29 is 9.90 Å². The molecule has 1 heterocycles. The molecule has 4 nitrogen and oxygen atoms in total. The van der Waals surface area contributed by atoms with Crippen molar-refractivity contribution in [2.45, 2.75) is 19.4 Å². The lowest BCUT2D eigenvalue weighted by Gasteiger charge is -2.12. The van der Waals surface area contributed by atoms with E-state index in [-0.39, 0.29) is 5.91 Å². The van der Waals surface area contributed by atoms with Crippen molar-refractivity contribution in [3.63, 3.8) is 0 Å². The molecule has 21 heavy (non-hydrogen) atoms. The van der Waals surface area contributed by atoms with Gasteiger partial charge in [0.1, 0.15) is 5.15 Å². The molecule has 0 aliphatic heterocycles. The van der Waals surface area contributed by atoms with E-state index >= 15 is 0 Å². The molecular weight excluding hydrogens is 288 g/mol. The quantitative estimate of drug-likeness (QED) is 0.835. The summed E-state index contributed by atoms with van der Waals surface area (Å²) in [6.07, 6.45) is -0.133. The third-order valence-electron chi connectivity index (χ3n) is 3.18. The second kappa shape index (κ2) is 7.20. The molecule has 2 aromatic rings. The van der Waals surface area contributed by atoms with Gasteiger partial charge in [0.05, 0.1) is 17.4 Å². The standard InChI is InChI=1S/C16H17ClN2O2/c1-11-13(7-8-15(17)19-11)16(21)18-10-9-14(20)12-5-3-2-4-6-12/h2-8,14,20H,9-10H2,1H3,(H,18,21). The van der Waals surface area contributed by atoms with Crippen LogP contribution in [0.3, 0.4) is 0 Å². The van der Waals surface area contributed by atoms with Crippen LogP contribution in [-0.2, 0) is 0 Å². The van der Waals surface area contributed by atoms with Crippen LogP contribution in [0.25, 0.3) is 0 Å². The smallest absolute Gasteiger partial charge is 0.253 e. The Bertz CT molecular complexity index is 617. The molecule has 5 heteroatoms. The summed E-state index contributed by atoms with van der Waals surface area (Å²) in [5, 5.41) is 13.2. The number of aliphatic hydroxyl groups excluding tert-OH is 1. The van der Waals surface area contributed by atoms with Crippen LogP contribution in [0, 0.1) is 6.92 Å². The molecule has 1 aromatic heterocycles. The third-order valence-corrected chi connectivity index (χ3v) is 3.39. The number of hydrogen-bond donors (Lipinski definition) is 2. The monoisotopic (exact) mass is 304 g/mol. The maximum atomic E-state index is 12.0. The van der Waals surface area contributed by atoms with Crippen LogP contribution in [0.15, 0.2) is 42.5 Å². The molecule has 0 saturated heterocycles. The highest BCUT2D eigenvalue weighted by atomic mass is 35.5. The fourth-order valence-electron chi connectivity index (χ4n) is 2.03. The molecule has 1 amide bonds. The fourth-order valence-corrected chi connectivity index (χ4v) is 2.22. The molecule has 0 fully saturated rings. The first-order valence-corrected chi connectivity index (χ1v) is 7.10. The molecule has 1 aromatic carbocycles. The van der Waals surface area contributed by atoms with Gasteiger partial charge in [-0.2, -0.15) is 0 Å². The van der Waals surface area contributed by atoms with Crippen LogP contribution in [0.5, 0.6) is 0 Å². The topological polar surface area (TPSA) is 62.2 Å². The Morgan fingerprint density at radius 1 is 1.29 bits per heavy atom. The largest absolute Gasteiger partial charge is 0.388 e. The average Bonchev–Trinajstić information content (AvgIpc) is 2.47. The number of pyridine rings is 1. The van der Waals surface area contributed by atoms with Crippen LogP contribution in [0.2, 0.25) is 5.15 Å². The van der Waals surface area contributed by atoms with Gasteiger partial charge in [-0.1, -0.05) is 41.9 Å². The molecule has 110 valence electrons. The van der Waals surface area contributed by atoms with E-state index in [0.29, 0.717) is 29.4 Å². The van der Waals surface area contributed by atoms with E-state index < -0.39 is 6.10 Å². The third kappa shape index (κ3) is 4.28. The van der Waals surface area contributed by atoms with Gasteiger partial charge in [-0.3, -0.25) is 4.79 Å². The zero-order chi connectivity index (χ0) is 15.2. The van der Waals surface area contributed by atoms with Gasteiger partial charge < -0.3 is 10.4 Å². The Hall–Kier alpha value is -1.91. The van der Waals surface area contributed by atoms with Crippen LogP contribution in [0.1, 0.15) is 34.1 Å². The van der Waals surface area contributed by atoms with Crippen molar-refractivity contribution in [2.75, 3.05) is 6.54 Å². The van der Waals surface area contributed by atoms with Gasteiger partial charge in [-0.15, -0.1) is 0 Å². The van der Waals surface area contributed by atoms with E-state index in [2.05, 4.69) is 10.3 Å². The number of rotatable bonds is 5. The highest BCUT2D eigenvalue weighted by molar-refractivity contribution is 6.29. The van der Waals surface area contributed by atoms with Gasteiger partial charge in [0, 0.05) is 6.54 Å². The van der Waals surface area contributed by atoms with E-state index in [9.17, 15) is 9.90 Å². The molecule has 2 N–H and O–H groups in total. The van der Waals surface area contributed by atoms with Crippen LogP contribution in [-0.4, -0.2) is 22.5 Å². The average molecular weight is 305 g/mol. The summed E-state index contributed by atoms with van der Waals surface area (Å²) < 4.78 is 0. The van der Waals surface area contributed by atoms with Crippen LogP contribution >= 0.6 is 11.6 Å². The fraction of sp³-hybridized carbons (Fsp3) is 0.250. The lowest BCUT2D eigenvalue weighted by Crippen LogP contribution is -2.26. The van der Waals surface area contributed by atoms with E-state index in [4.69, 9.17) is 11.6 Å². The number of nitrogens with zero attached hydrogens (tertiary/aromatic N) is 1.